The Morgan fingerprint density at radius 2 is 1.51 bits per heavy atom. The van der Waals surface area contributed by atoms with Gasteiger partial charge in [-0.25, -0.2) is 8.42 Å². The van der Waals surface area contributed by atoms with Gasteiger partial charge in [-0.2, -0.15) is 0 Å². The summed E-state index contributed by atoms with van der Waals surface area (Å²) in [7, 11) is -1.18. The highest BCUT2D eigenvalue weighted by molar-refractivity contribution is 7.92. The van der Waals surface area contributed by atoms with E-state index in [4.69, 9.17) is 9.47 Å². The monoisotopic (exact) mass is 496 g/mol. The normalized spacial score (nSPS) is 12.1. The van der Waals surface area contributed by atoms with E-state index in [1.807, 2.05) is 58.0 Å². The maximum atomic E-state index is 13.7. The summed E-state index contributed by atoms with van der Waals surface area (Å²) in [6.45, 7) is 7.40. The van der Waals surface area contributed by atoms with Crippen LogP contribution in [0, 0.1) is 20.8 Å². The molecule has 7 nitrogen and oxygen atoms in total. The van der Waals surface area contributed by atoms with Crippen LogP contribution < -0.4 is 19.1 Å². The highest BCUT2D eigenvalue weighted by atomic mass is 32.2. The number of methoxy groups -OCH3 is 2. The van der Waals surface area contributed by atoms with Crippen molar-refractivity contribution in [1.29, 1.82) is 0 Å². The van der Waals surface area contributed by atoms with Gasteiger partial charge in [-0.05, 0) is 63.1 Å². The first kappa shape index (κ1) is 26.1. The fourth-order valence-electron chi connectivity index (χ4n) is 3.85. The number of hydrogen-bond donors (Lipinski definition) is 1. The van der Waals surface area contributed by atoms with Crippen molar-refractivity contribution in [2.75, 3.05) is 25.1 Å². The number of benzene rings is 3. The van der Waals surface area contributed by atoms with Crippen molar-refractivity contribution < 1.29 is 22.7 Å². The molecule has 0 spiro atoms. The Balaban J connectivity index is 1.95. The number of amides is 1. The summed E-state index contributed by atoms with van der Waals surface area (Å²) in [4.78, 5) is 13.1. The smallest absolute Gasteiger partial charge is 0.264 e. The lowest BCUT2D eigenvalue weighted by Crippen LogP contribution is -2.41. The van der Waals surface area contributed by atoms with Crippen molar-refractivity contribution in [3.8, 4) is 11.5 Å². The molecule has 3 aromatic rings. The Morgan fingerprint density at radius 1 is 0.886 bits per heavy atom. The van der Waals surface area contributed by atoms with Crippen molar-refractivity contribution >= 4 is 21.6 Å². The predicted molar refractivity (Wildman–Crippen MR) is 138 cm³/mol. The number of ether oxygens (including phenoxy) is 2. The van der Waals surface area contributed by atoms with Crippen LogP contribution >= 0.6 is 0 Å². The lowest BCUT2D eigenvalue weighted by molar-refractivity contribution is -0.120. The fourth-order valence-corrected chi connectivity index (χ4v) is 5.29. The van der Waals surface area contributed by atoms with Crippen LogP contribution in [0.3, 0.4) is 0 Å². The number of aryl methyl sites for hydroxylation is 3. The Bertz CT molecular complexity index is 1300. The van der Waals surface area contributed by atoms with Gasteiger partial charge in [-0.3, -0.25) is 9.10 Å². The molecule has 35 heavy (non-hydrogen) atoms. The molecule has 0 saturated carbocycles. The standard InChI is InChI=1S/C27H32N2O5S/c1-18-8-11-22(12-9-18)29(35(31,32)23-13-14-25(33-5)26(16-23)34-6)17-27(30)28-21(4)24-15-19(2)7-10-20(24)3/h7-16,21H,17H2,1-6H3,(H,28,30). The maximum Gasteiger partial charge on any atom is 0.264 e. The third kappa shape index (κ3) is 5.95. The molecule has 0 saturated heterocycles. The van der Waals surface area contributed by atoms with Crippen molar-refractivity contribution in [2.24, 2.45) is 0 Å². The van der Waals surface area contributed by atoms with E-state index in [2.05, 4.69) is 5.32 Å². The first-order chi connectivity index (χ1) is 16.6. The molecule has 0 aliphatic rings. The van der Waals surface area contributed by atoms with Gasteiger partial charge in [-0.15, -0.1) is 0 Å². The summed E-state index contributed by atoms with van der Waals surface area (Å²) in [5, 5.41) is 2.95. The summed E-state index contributed by atoms with van der Waals surface area (Å²) in [5.74, 6) is 0.280. The van der Waals surface area contributed by atoms with Crippen LogP contribution in [-0.2, 0) is 14.8 Å². The molecule has 1 unspecified atom stereocenters. The Kier molecular flexibility index (Phi) is 8.07. The van der Waals surface area contributed by atoms with Crippen LogP contribution in [0.15, 0.2) is 65.6 Å². The minimum atomic E-state index is -4.10. The Labute approximate surface area is 207 Å². The molecule has 1 N–H and O–H groups in total. The van der Waals surface area contributed by atoms with Gasteiger partial charge in [0.2, 0.25) is 5.91 Å². The maximum absolute atomic E-state index is 13.7. The third-order valence-electron chi connectivity index (χ3n) is 5.83. The lowest BCUT2D eigenvalue weighted by atomic mass is 10.00. The second-order valence-electron chi connectivity index (χ2n) is 8.51. The van der Waals surface area contributed by atoms with E-state index in [1.54, 1.807) is 12.1 Å². The number of rotatable bonds is 9. The quantitative estimate of drug-likeness (QED) is 0.464. The summed E-state index contributed by atoms with van der Waals surface area (Å²) in [5.41, 5.74) is 4.49. The molecule has 0 bridgehead atoms. The molecule has 186 valence electrons. The van der Waals surface area contributed by atoms with Crippen LogP contribution in [0.1, 0.15) is 35.2 Å². The topological polar surface area (TPSA) is 84.9 Å². The molecule has 3 rings (SSSR count). The second-order valence-corrected chi connectivity index (χ2v) is 10.4. The molecule has 0 aromatic heterocycles. The van der Waals surface area contributed by atoms with Gasteiger partial charge in [0, 0.05) is 6.07 Å². The molecule has 0 aliphatic carbocycles. The summed E-state index contributed by atoms with van der Waals surface area (Å²) in [6.07, 6.45) is 0. The molecular formula is C27H32N2O5S. The number of carbonyl (C=O) groups excluding carboxylic acids is 1. The first-order valence-electron chi connectivity index (χ1n) is 11.2. The first-order valence-corrected chi connectivity index (χ1v) is 12.7. The van der Waals surface area contributed by atoms with E-state index < -0.39 is 15.9 Å². The van der Waals surface area contributed by atoms with Crippen molar-refractivity contribution in [3.05, 3.63) is 82.9 Å². The van der Waals surface area contributed by atoms with Crippen LogP contribution in [0.4, 0.5) is 5.69 Å². The van der Waals surface area contributed by atoms with Crippen molar-refractivity contribution in [1.82, 2.24) is 5.32 Å². The predicted octanol–water partition coefficient (Wildman–Crippen LogP) is 4.70. The van der Waals surface area contributed by atoms with Crippen LogP contribution in [0.5, 0.6) is 11.5 Å². The molecule has 0 heterocycles. The number of nitrogens with zero attached hydrogens (tertiary/aromatic N) is 1. The SMILES string of the molecule is COc1ccc(S(=O)(=O)N(CC(=O)NC(C)c2cc(C)ccc2C)c2ccc(C)cc2)cc1OC. The zero-order valence-electron chi connectivity index (χ0n) is 21.0. The number of hydrogen-bond acceptors (Lipinski definition) is 5. The number of sulfonamides is 1. The van der Waals surface area contributed by atoms with E-state index in [0.717, 1.165) is 26.6 Å². The van der Waals surface area contributed by atoms with Gasteiger partial charge < -0.3 is 14.8 Å². The summed E-state index contributed by atoms with van der Waals surface area (Å²) in [6, 6.07) is 17.1. The van der Waals surface area contributed by atoms with Crippen molar-refractivity contribution in [2.45, 2.75) is 38.6 Å². The van der Waals surface area contributed by atoms with E-state index in [9.17, 15) is 13.2 Å². The molecule has 8 heteroatoms. The molecule has 1 amide bonds. The highest BCUT2D eigenvalue weighted by Gasteiger charge is 2.29. The van der Waals surface area contributed by atoms with Gasteiger partial charge in [0.05, 0.1) is 30.8 Å². The van der Waals surface area contributed by atoms with Crippen LogP contribution in [-0.4, -0.2) is 35.1 Å². The van der Waals surface area contributed by atoms with E-state index in [0.29, 0.717) is 11.4 Å². The zero-order valence-corrected chi connectivity index (χ0v) is 21.8. The van der Waals surface area contributed by atoms with E-state index in [1.165, 1.54) is 32.4 Å². The van der Waals surface area contributed by atoms with Gasteiger partial charge >= 0.3 is 0 Å². The molecular weight excluding hydrogens is 464 g/mol. The van der Waals surface area contributed by atoms with Crippen LogP contribution in [0.2, 0.25) is 0 Å². The zero-order chi connectivity index (χ0) is 25.8. The molecule has 0 fully saturated rings. The summed E-state index contributed by atoms with van der Waals surface area (Å²) < 4.78 is 39.1. The number of anilines is 1. The average Bonchev–Trinajstić information content (AvgIpc) is 2.84. The molecule has 0 radical (unpaired) electrons. The van der Waals surface area contributed by atoms with Gasteiger partial charge in [-0.1, -0.05) is 41.5 Å². The van der Waals surface area contributed by atoms with E-state index >= 15 is 0 Å². The Hall–Kier alpha value is -3.52. The largest absolute Gasteiger partial charge is 0.493 e. The Morgan fingerprint density at radius 3 is 2.14 bits per heavy atom. The fraction of sp³-hybridized carbons (Fsp3) is 0.296. The van der Waals surface area contributed by atoms with Gasteiger partial charge in [0.1, 0.15) is 6.54 Å². The summed E-state index contributed by atoms with van der Waals surface area (Å²) >= 11 is 0. The van der Waals surface area contributed by atoms with Crippen molar-refractivity contribution in [3.63, 3.8) is 0 Å². The minimum absolute atomic E-state index is 0.00824. The number of nitrogens with one attached hydrogen (secondary N) is 1. The minimum Gasteiger partial charge on any atom is -0.493 e. The molecule has 3 aromatic carbocycles. The lowest BCUT2D eigenvalue weighted by Gasteiger charge is -2.26. The van der Waals surface area contributed by atoms with Crippen LogP contribution in [0.25, 0.3) is 0 Å². The molecule has 0 aliphatic heterocycles. The second kappa shape index (κ2) is 10.8. The van der Waals surface area contributed by atoms with Gasteiger partial charge in [0.25, 0.3) is 10.0 Å². The van der Waals surface area contributed by atoms with Gasteiger partial charge in [0.15, 0.2) is 11.5 Å². The average molecular weight is 497 g/mol. The van der Waals surface area contributed by atoms with E-state index in [-0.39, 0.29) is 23.2 Å². The third-order valence-corrected chi connectivity index (χ3v) is 7.60. The molecule has 1 atom stereocenters. The highest BCUT2D eigenvalue weighted by Crippen LogP contribution is 2.32. The number of carbonyl (C=O) groups is 1.